The van der Waals surface area contributed by atoms with E-state index in [4.69, 9.17) is 19.3 Å². The first kappa shape index (κ1) is 17.0. The fourth-order valence-electron chi connectivity index (χ4n) is 1.67. The van der Waals surface area contributed by atoms with Crippen LogP contribution in [0.15, 0.2) is 12.2 Å². The maximum atomic E-state index is 11.1. The topological polar surface area (TPSA) is 126 Å². The van der Waals surface area contributed by atoms with Gasteiger partial charge in [0.15, 0.2) is 6.10 Å². The van der Waals surface area contributed by atoms with Gasteiger partial charge in [0.2, 0.25) is 0 Å². The summed E-state index contributed by atoms with van der Waals surface area (Å²) in [5.74, 6) is -3.07. The van der Waals surface area contributed by atoms with Gasteiger partial charge >= 0.3 is 11.9 Å². The molecule has 1 fully saturated rings. The average molecular weight is 292 g/mol. The summed E-state index contributed by atoms with van der Waals surface area (Å²) in [7, 11) is 0. The van der Waals surface area contributed by atoms with Crippen LogP contribution in [0.5, 0.6) is 0 Å². The molecule has 0 amide bonds. The van der Waals surface area contributed by atoms with Gasteiger partial charge in [-0.3, -0.25) is 0 Å². The van der Waals surface area contributed by atoms with Crippen molar-refractivity contribution >= 4 is 5.97 Å². The number of esters is 1. The van der Waals surface area contributed by atoms with Crippen LogP contribution in [-0.4, -0.2) is 70.5 Å². The number of rotatable bonds is 6. The Morgan fingerprint density at radius 2 is 2.10 bits per heavy atom. The standard InChI is InChI=1S/C12H20O8/c1-7(2)11(16)18-3-4-19-12(17)10(15)9(14)5-8(6-13)20-12/h8-10,13-15,17H,1,3-6H2,2H3. The van der Waals surface area contributed by atoms with Crippen molar-refractivity contribution in [2.75, 3.05) is 19.8 Å². The van der Waals surface area contributed by atoms with E-state index in [2.05, 4.69) is 6.58 Å². The van der Waals surface area contributed by atoms with E-state index in [-0.39, 0.29) is 25.2 Å². The van der Waals surface area contributed by atoms with E-state index in [0.29, 0.717) is 0 Å². The van der Waals surface area contributed by atoms with Crippen molar-refractivity contribution in [3.05, 3.63) is 12.2 Å². The van der Waals surface area contributed by atoms with Crippen LogP contribution >= 0.6 is 0 Å². The molecule has 0 radical (unpaired) electrons. The van der Waals surface area contributed by atoms with Crippen molar-refractivity contribution in [3.63, 3.8) is 0 Å². The molecule has 1 aliphatic heterocycles. The lowest BCUT2D eigenvalue weighted by atomic mass is 10.0. The molecule has 0 bridgehead atoms. The Labute approximate surface area is 116 Å². The van der Waals surface area contributed by atoms with Crippen molar-refractivity contribution in [1.82, 2.24) is 0 Å². The van der Waals surface area contributed by atoms with Crippen molar-refractivity contribution in [2.24, 2.45) is 0 Å². The normalized spacial score (nSPS) is 33.8. The second kappa shape index (κ2) is 7.11. The smallest absolute Gasteiger partial charge is 0.333 e. The summed E-state index contributed by atoms with van der Waals surface area (Å²) in [5, 5.41) is 38.1. The summed E-state index contributed by atoms with van der Waals surface area (Å²) in [6.07, 6.45) is -3.89. The van der Waals surface area contributed by atoms with E-state index >= 15 is 0 Å². The van der Waals surface area contributed by atoms with Crippen molar-refractivity contribution in [2.45, 2.75) is 37.6 Å². The van der Waals surface area contributed by atoms with Crippen molar-refractivity contribution < 1.29 is 39.4 Å². The summed E-state index contributed by atoms with van der Waals surface area (Å²) in [4.78, 5) is 11.1. The van der Waals surface area contributed by atoms with Gasteiger partial charge < -0.3 is 34.6 Å². The van der Waals surface area contributed by atoms with Crippen LogP contribution < -0.4 is 0 Å². The van der Waals surface area contributed by atoms with Gasteiger partial charge in [0.1, 0.15) is 6.61 Å². The second-order valence-corrected chi connectivity index (χ2v) is 4.57. The van der Waals surface area contributed by atoms with Gasteiger partial charge in [-0.25, -0.2) is 4.79 Å². The highest BCUT2D eigenvalue weighted by atomic mass is 16.8. The first-order valence-corrected chi connectivity index (χ1v) is 6.14. The van der Waals surface area contributed by atoms with Crippen molar-refractivity contribution in [3.8, 4) is 0 Å². The van der Waals surface area contributed by atoms with Gasteiger partial charge in [-0.1, -0.05) is 6.58 Å². The Morgan fingerprint density at radius 3 is 2.65 bits per heavy atom. The van der Waals surface area contributed by atoms with Crippen LogP contribution in [0.1, 0.15) is 13.3 Å². The van der Waals surface area contributed by atoms with Crippen LogP contribution in [0.4, 0.5) is 0 Å². The van der Waals surface area contributed by atoms with E-state index in [9.17, 15) is 20.1 Å². The van der Waals surface area contributed by atoms with E-state index in [1.807, 2.05) is 0 Å². The third kappa shape index (κ3) is 4.23. The van der Waals surface area contributed by atoms with Gasteiger partial charge in [0.05, 0.1) is 25.4 Å². The molecule has 4 N–H and O–H groups in total. The number of carbonyl (C=O) groups is 1. The Balaban J connectivity index is 2.47. The molecule has 4 atom stereocenters. The molecule has 1 aliphatic rings. The Hall–Kier alpha value is -1.03. The first-order chi connectivity index (χ1) is 9.30. The second-order valence-electron chi connectivity index (χ2n) is 4.57. The molecule has 1 rings (SSSR count). The van der Waals surface area contributed by atoms with Gasteiger partial charge in [0, 0.05) is 12.0 Å². The monoisotopic (exact) mass is 292 g/mol. The Bertz CT molecular complexity index is 357. The van der Waals surface area contributed by atoms with Gasteiger partial charge in [0.25, 0.3) is 0 Å². The Kier molecular flexibility index (Phi) is 6.06. The first-order valence-electron chi connectivity index (χ1n) is 6.14. The number of hydrogen-bond donors (Lipinski definition) is 4. The molecular formula is C12H20O8. The van der Waals surface area contributed by atoms with Gasteiger partial charge in [-0.15, -0.1) is 0 Å². The molecule has 0 aromatic carbocycles. The summed E-state index contributed by atoms with van der Waals surface area (Å²) >= 11 is 0. The minimum atomic E-state index is -2.46. The van der Waals surface area contributed by atoms with Crippen LogP contribution in [0.2, 0.25) is 0 Å². The quantitative estimate of drug-likeness (QED) is 0.197. The zero-order valence-corrected chi connectivity index (χ0v) is 11.2. The lowest BCUT2D eigenvalue weighted by Gasteiger charge is -2.41. The average Bonchev–Trinajstić information content (AvgIpc) is 2.40. The van der Waals surface area contributed by atoms with Crippen LogP contribution in [0, 0.1) is 0 Å². The SMILES string of the molecule is C=C(C)C(=O)OCCOC1(O)OC(CO)CC(O)C1O. The van der Waals surface area contributed by atoms with E-state index in [1.54, 1.807) is 0 Å². The summed E-state index contributed by atoms with van der Waals surface area (Å²) < 4.78 is 14.6. The maximum Gasteiger partial charge on any atom is 0.333 e. The largest absolute Gasteiger partial charge is 0.460 e. The number of ether oxygens (including phenoxy) is 3. The summed E-state index contributed by atoms with van der Waals surface area (Å²) in [6, 6.07) is 0. The molecule has 1 saturated heterocycles. The van der Waals surface area contributed by atoms with Crippen LogP contribution in [0.25, 0.3) is 0 Å². The van der Waals surface area contributed by atoms with Gasteiger partial charge in [-0.2, -0.15) is 0 Å². The van der Waals surface area contributed by atoms with Crippen molar-refractivity contribution in [1.29, 1.82) is 0 Å². The van der Waals surface area contributed by atoms with Crippen LogP contribution in [0.3, 0.4) is 0 Å². The fraction of sp³-hybridized carbons (Fsp3) is 0.750. The highest BCUT2D eigenvalue weighted by Gasteiger charge is 2.49. The van der Waals surface area contributed by atoms with Gasteiger partial charge in [-0.05, 0) is 6.92 Å². The molecular weight excluding hydrogens is 272 g/mol. The summed E-state index contributed by atoms with van der Waals surface area (Å²) in [5.41, 5.74) is 0.216. The highest BCUT2D eigenvalue weighted by molar-refractivity contribution is 5.86. The molecule has 116 valence electrons. The minimum absolute atomic E-state index is 0.0337. The number of carbonyl (C=O) groups excluding carboxylic acids is 1. The molecule has 1 heterocycles. The lowest BCUT2D eigenvalue weighted by molar-refractivity contribution is -0.437. The minimum Gasteiger partial charge on any atom is -0.460 e. The highest BCUT2D eigenvalue weighted by Crippen LogP contribution is 2.28. The number of aliphatic hydroxyl groups is 4. The summed E-state index contributed by atoms with van der Waals surface area (Å²) in [6.45, 7) is 3.97. The number of aliphatic hydroxyl groups excluding tert-OH is 3. The fourth-order valence-corrected chi connectivity index (χ4v) is 1.67. The third-order valence-corrected chi connectivity index (χ3v) is 2.76. The molecule has 0 spiro atoms. The van der Waals surface area contributed by atoms with E-state index in [1.165, 1.54) is 6.92 Å². The molecule has 0 aliphatic carbocycles. The molecule has 0 saturated carbocycles. The predicted octanol–water partition coefficient (Wildman–Crippen LogP) is -1.73. The lowest BCUT2D eigenvalue weighted by Crippen LogP contribution is -2.60. The third-order valence-electron chi connectivity index (χ3n) is 2.76. The molecule has 0 aromatic heterocycles. The molecule has 0 aromatic rings. The molecule has 8 heteroatoms. The zero-order chi connectivity index (χ0) is 15.3. The molecule has 20 heavy (non-hydrogen) atoms. The van der Waals surface area contributed by atoms with E-state index in [0.717, 1.165) is 0 Å². The molecule has 4 unspecified atom stereocenters. The zero-order valence-electron chi connectivity index (χ0n) is 11.2. The predicted molar refractivity (Wildman–Crippen MR) is 65.3 cm³/mol. The number of hydrogen-bond acceptors (Lipinski definition) is 8. The molecule has 8 nitrogen and oxygen atoms in total. The van der Waals surface area contributed by atoms with E-state index < -0.39 is 36.9 Å². The maximum absolute atomic E-state index is 11.1. The Morgan fingerprint density at radius 1 is 1.45 bits per heavy atom. The van der Waals surface area contributed by atoms with Crippen LogP contribution in [-0.2, 0) is 19.0 Å².